The molecule has 25 heavy (non-hydrogen) atoms. The van der Waals surface area contributed by atoms with Gasteiger partial charge in [-0.1, -0.05) is 69.9 Å². The number of hydrogen-bond acceptors (Lipinski definition) is 0. The second-order valence-electron chi connectivity index (χ2n) is 7.47. The van der Waals surface area contributed by atoms with Gasteiger partial charge in [0.25, 0.3) is 0 Å². The molecule has 0 bridgehead atoms. The minimum Gasteiger partial charge on any atom is -0.206 e. The van der Waals surface area contributed by atoms with Crippen molar-refractivity contribution in [3.8, 4) is 11.8 Å². The largest absolute Gasteiger partial charge is 0.206 e. The molecule has 1 aliphatic rings. The van der Waals surface area contributed by atoms with Crippen molar-refractivity contribution in [2.75, 3.05) is 0 Å². The van der Waals surface area contributed by atoms with Gasteiger partial charge in [-0.25, -0.2) is 4.39 Å². The molecule has 1 aliphatic carbocycles. The summed E-state index contributed by atoms with van der Waals surface area (Å²) in [5, 5.41) is 0. The van der Waals surface area contributed by atoms with Crippen LogP contribution in [0.4, 0.5) is 4.39 Å². The van der Waals surface area contributed by atoms with Crippen LogP contribution in [0.3, 0.4) is 0 Å². The van der Waals surface area contributed by atoms with Crippen LogP contribution >= 0.6 is 0 Å². The maximum absolute atomic E-state index is 14.0. The molecule has 1 aromatic carbocycles. The lowest BCUT2D eigenvalue weighted by molar-refractivity contribution is 0.289. The van der Waals surface area contributed by atoms with Crippen LogP contribution in [0.2, 0.25) is 0 Å². The van der Waals surface area contributed by atoms with Crippen LogP contribution in [0.25, 0.3) is 0 Å². The maximum Gasteiger partial charge on any atom is 0.139 e. The van der Waals surface area contributed by atoms with Crippen LogP contribution in [0.1, 0.15) is 82.8 Å². The highest BCUT2D eigenvalue weighted by molar-refractivity contribution is 5.39. The summed E-state index contributed by atoms with van der Waals surface area (Å²) in [5.41, 5.74) is 1.56. The van der Waals surface area contributed by atoms with E-state index in [4.69, 9.17) is 0 Å². The lowest BCUT2D eigenvalue weighted by Gasteiger charge is -2.26. The van der Waals surface area contributed by atoms with Gasteiger partial charge in [0.2, 0.25) is 0 Å². The molecule has 0 N–H and O–H groups in total. The highest BCUT2D eigenvalue weighted by Crippen LogP contribution is 2.32. The van der Waals surface area contributed by atoms with Crippen molar-refractivity contribution in [3.63, 3.8) is 0 Å². The Labute approximate surface area is 153 Å². The maximum atomic E-state index is 14.0. The van der Waals surface area contributed by atoms with E-state index in [0.717, 1.165) is 24.3 Å². The standard InChI is InChI=1S/C24H33F/c1-3-5-6-10-20-13-15-21(16-14-20)11-7-8-12-23-18-17-22(9-4-2)19-24(23)25/h7,11,17-21H,3-6,9-10,13-16H2,1-2H3. The Hall–Kier alpha value is -1.55. The van der Waals surface area contributed by atoms with Crippen LogP contribution in [0.5, 0.6) is 0 Å². The predicted molar refractivity (Wildman–Crippen MR) is 106 cm³/mol. The van der Waals surface area contributed by atoms with Gasteiger partial charge >= 0.3 is 0 Å². The molecule has 0 aromatic heterocycles. The van der Waals surface area contributed by atoms with Gasteiger partial charge in [0.05, 0.1) is 5.56 Å². The molecule has 1 saturated carbocycles. The van der Waals surface area contributed by atoms with Crippen molar-refractivity contribution in [1.29, 1.82) is 0 Å². The molecular formula is C24H33F. The van der Waals surface area contributed by atoms with Crippen molar-refractivity contribution in [3.05, 3.63) is 47.3 Å². The SMILES string of the molecule is CCCCCC1CCC(C=CC#Cc2ccc(CCC)cc2F)CC1. The van der Waals surface area contributed by atoms with Gasteiger partial charge in [-0.05, 0) is 67.7 Å². The van der Waals surface area contributed by atoms with Crippen LogP contribution in [0.15, 0.2) is 30.4 Å². The molecular weight excluding hydrogens is 307 g/mol. The fourth-order valence-corrected chi connectivity index (χ4v) is 3.76. The average molecular weight is 341 g/mol. The van der Waals surface area contributed by atoms with Crippen LogP contribution in [-0.2, 0) is 6.42 Å². The zero-order chi connectivity index (χ0) is 17.9. The molecule has 0 heterocycles. The molecule has 2 rings (SSSR count). The number of aryl methyl sites for hydroxylation is 1. The second-order valence-corrected chi connectivity index (χ2v) is 7.47. The van der Waals surface area contributed by atoms with Gasteiger partial charge in [-0.3, -0.25) is 0 Å². The molecule has 0 nitrogen and oxygen atoms in total. The van der Waals surface area contributed by atoms with Gasteiger partial charge in [0.1, 0.15) is 5.82 Å². The Morgan fingerprint density at radius 1 is 1.08 bits per heavy atom. The van der Waals surface area contributed by atoms with Crippen LogP contribution < -0.4 is 0 Å². The monoisotopic (exact) mass is 340 g/mol. The zero-order valence-electron chi connectivity index (χ0n) is 16.0. The Balaban J connectivity index is 1.78. The van der Waals surface area contributed by atoms with Gasteiger partial charge in [-0.15, -0.1) is 0 Å². The van der Waals surface area contributed by atoms with E-state index in [1.807, 2.05) is 18.2 Å². The summed E-state index contributed by atoms with van der Waals surface area (Å²) >= 11 is 0. The molecule has 0 unspecified atom stereocenters. The van der Waals surface area contributed by atoms with E-state index in [1.165, 1.54) is 51.4 Å². The molecule has 0 aliphatic heterocycles. The van der Waals surface area contributed by atoms with Crippen molar-refractivity contribution in [2.45, 2.75) is 78.1 Å². The lowest BCUT2D eigenvalue weighted by Crippen LogP contribution is -2.12. The number of allylic oxidation sites excluding steroid dienone is 2. The first-order chi connectivity index (χ1) is 12.2. The first kappa shape index (κ1) is 19.8. The fraction of sp³-hybridized carbons (Fsp3) is 0.583. The third-order valence-corrected chi connectivity index (χ3v) is 5.34. The van der Waals surface area contributed by atoms with Crippen LogP contribution in [-0.4, -0.2) is 0 Å². The molecule has 0 atom stereocenters. The molecule has 0 spiro atoms. The summed E-state index contributed by atoms with van der Waals surface area (Å²) in [6, 6.07) is 5.42. The van der Waals surface area contributed by atoms with Gasteiger partial charge in [-0.2, -0.15) is 0 Å². The Morgan fingerprint density at radius 2 is 1.88 bits per heavy atom. The van der Waals surface area contributed by atoms with Crippen LogP contribution in [0, 0.1) is 29.5 Å². The second kappa shape index (κ2) is 11.1. The topological polar surface area (TPSA) is 0 Å². The molecule has 0 radical (unpaired) electrons. The Bertz CT molecular complexity index is 594. The third kappa shape index (κ3) is 7.07. The van der Waals surface area contributed by atoms with E-state index in [9.17, 15) is 4.39 Å². The third-order valence-electron chi connectivity index (χ3n) is 5.34. The normalized spacial score (nSPS) is 20.4. The number of unbranched alkanes of at least 4 members (excludes halogenated alkanes) is 2. The van der Waals surface area contributed by atoms with Gasteiger partial charge in [0.15, 0.2) is 0 Å². The highest BCUT2D eigenvalue weighted by Gasteiger charge is 2.18. The van der Waals surface area contributed by atoms with Crippen molar-refractivity contribution >= 4 is 0 Å². The summed E-state index contributed by atoms with van der Waals surface area (Å²) in [4.78, 5) is 0. The highest BCUT2D eigenvalue weighted by atomic mass is 19.1. The van der Waals surface area contributed by atoms with Crippen molar-refractivity contribution < 1.29 is 4.39 Å². The molecule has 1 aromatic rings. The minimum absolute atomic E-state index is 0.195. The Morgan fingerprint density at radius 3 is 2.56 bits per heavy atom. The summed E-state index contributed by atoms with van der Waals surface area (Å²) in [5.74, 6) is 7.39. The number of hydrogen-bond donors (Lipinski definition) is 0. The van der Waals surface area contributed by atoms with E-state index in [1.54, 1.807) is 6.07 Å². The van der Waals surface area contributed by atoms with E-state index in [-0.39, 0.29) is 5.82 Å². The molecule has 0 saturated heterocycles. The smallest absolute Gasteiger partial charge is 0.139 e. The number of rotatable bonds is 7. The van der Waals surface area contributed by atoms with E-state index < -0.39 is 0 Å². The first-order valence-electron chi connectivity index (χ1n) is 10.2. The summed E-state index contributed by atoms with van der Waals surface area (Å²) in [6.07, 6.45) is 16.9. The molecule has 1 heteroatoms. The van der Waals surface area contributed by atoms with Crippen molar-refractivity contribution in [2.24, 2.45) is 11.8 Å². The van der Waals surface area contributed by atoms with Gasteiger partial charge in [0, 0.05) is 0 Å². The average Bonchev–Trinajstić information content (AvgIpc) is 2.62. The van der Waals surface area contributed by atoms with Crippen molar-refractivity contribution in [1.82, 2.24) is 0 Å². The van der Waals surface area contributed by atoms with E-state index in [0.29, 0.717) is 11.5 Å². The van der Waals surface area contributed by atoms with E-state index in [2.05, 4.69) is 31.8 Å². The van der Waals surface area contributed by atoms with Gasteiger partial charge < -0.3 is 0 Å². The molecule has 136 valence electrons. The first-order valence-corrected chi connectivity index (χ1v) is 10.2. The summed E-state index contributed by atoms with van der Waals surface area (Å²) < 4.78 is 14.0. The molecule has 1 fully saturated rings. The predicted octanol–water partition coefficient (Wildman–Crippen LogP) is 7.07. The quantitative estimate of drug-likeness (QED) is 0.368. The minimum atomic E-state index is -0.195. The number of halogens is 1. The molecule has 0 amide bonds. The Kier molecular flexibility index (Phi) is 8.81. The lowest BCUT2D eigenvalue weighted by atomic mass is 9.79. The summed E-state index contributed by atoms with van der Waals surface area (Å²) in [7, 11) is 0. The van der Waals surface area contributed by atoms with E-state index >= 15 is 0 Å². The zero-order valence-corrected chi connectivity index (χ0v) is 16.0. The number of benzene rings is 1. The summed E-state index contributed by atoms with van der Waals surface area (Å²) in [6.45, 7) is 4.38. The fourth-order valence-electron chi connectivity index (χ4n) is 3.76.